The van der Waals surface area contributed by atoms with Crippen molar-refractivity contribution in [1.82, 2.24) is 10.2 Å². The van der Waals surface area contributed by atoms with E-state index in [2.05, 4.69) is 23.5 Å². The lowest BCUT2D eigenvalue weighted by atomic mass is 9.87. The van der Waals surface area contributed by atoms with Gasteiger partial charge in [0.15, 0.2) is 5.60 Å². The Kier molecular flexibility index (Phi) is 6.70. The minimum absolute atomic E-state index is 0.00963. The van der Waals surface area contributed by atoms with Crippen molar-refractivity contribution in [3.05, 3.63) is 60.2 Å². The zero-order chi connectivity index (χ0) is 20.9. The fourth-order valence-electron chi connectivity index (χ4n) is 3.82. The lowest BCUT2D eigenvalue weighted by Gasteiger charge is -2.42. The smallest absolute Gasteiger partial charge is 0.254 e. The first-order valence-electron chi connectivity index (χ1n) is 10.3. The molecule has 1 heterocycles. The van der Waals surface area contributed by atoms with Gasteiger partial charge in [0.25, 0.3) is 5.91 Å². The van der Waals surface area contributed by atoms with Crippen LogP contribution in [0.15, 0.2) is 54.6 Å². The molecule has 2 amide bonds. The Labute approximate surface area is 173 Å². The molecular weight excluding hydrogens is 364 g/mol. The molecule has 1 N–H and O–H groups in total. The maximum Gasteiger partial charge on any atom is 0.254 e. The van der Waals surface area contributed by atoms with Crippen LogP contribution in [0.1, 0.15) is 32.8 Å². The Morgan fingerprint density at radius 3 is 2.48 bits per heavy atom. The summed E-state index contributed by atoms with van der Waals surface area (Å²) in [6.07, 6.45) is 0.826. The van der Waals surface area contributed by atoms with Gasteiger partial charge in [0.2, 0.25) is 5.91 Å². The Balaban J connectivity index is 1.98. The summed E-state index contributed by atoms with van der Waals surface area (Å²) in [5.41, 5.74) is 2.11. The van der Waals surface area contributed by atoms with Crippen LogP contribution in [0.25, 0.3) is 11.1 Å². The van der Waals surface area contributed by atoms with E-state index in [0.29, 0.717) is 26.0 Å². The van der Waals surface area contributed by atoms with Gasteiger partial charge in [-0.1, -0.05) is 61.5 Å². The summed E-state index contributed by atoms with van der Waals surface area (Å²) in [6, 6.07) is 18.2. The highest BCUT2D eigenvalue weighted by molar-refractivity contribution is 5.88. The topological polar surface area (TPSA) is 58.6 Å². The highest BCUT2D eigenvalue weighted by Gasteiger charge is 2.45. The average Bonchev–Trinajstić information content (AvgIpc) is 2.74. The number of nitrogens with one attached hydrogen (secondary N) is 1. The van der Waals surface area contributed by atoms with Crippen LogP contribution in [0.5, 0.6) is 0 Å². The van der Waals surface area contributed by atoms with Crippen LogP contribution in [0.4, 0.5) is 0 Å². The summed E-state index contributed by atoms with van der Waals surface area (Å²) < 4.78 is 6.14. The van der Waals surface area contributed by atoms with Crippen molar-refractivity contribution in [2.45, 2.75) is 45.3 Å². The molecule has 1 unspecified atom stereocenters. The van der Waals surface area contributed by atoms with Crippen molar-refractivity contribution in [1.29, 1.82) is 0 Å². The van der Waals surface area contributed by atoms with Gasteiger partial charge in [-0.2, -0.15) is 0 Å². The minimum atomic E-state index is -1.10. The fraction of sp³-hybridized carbons (Fsp3) is 0.417. The van der Waals surface area contributed by atoms with Gasteiger partial charge in [-0.05, 0) is 30.5 Å². The first-order valence-corrected chi connectivity index (χ1v) is 10.3. The van der Waals surface area contributed by atoms with Crippen LogP contribution in [-0.2, 0) is 20.7 Å². The lowest BCUT2D eigenvalue weighted by molar-refractivity contribution is -0.166. The quantitative estimate of drug-likeness (QED) is 0.817. The number of morpholine rings is 1. The molecule has 1 atom stereocenters. The zero-order valence-electron chi connectivity index (χ0n) is 17.5. The van der Waals surface area contributed by atoms with Crippen molar-refractivity contribution in [3.8, 4) is 11.1 Å². The number of ether oxygens (including phenoxy) is 1. The first kappa shape index (κ1) is 21.1. The second-order valence-corrected chi connectivity index (χ2v) is 7.84. The van der Waals surface area contributed by atoms with E-state index in [1.807, 2.05) is 57.2 Å². The highest BCUT2D eigenvalue weighted by Crippen LogP contribution is 2.30. The van der Waals surface area contributed by atoms with Gasteiger partial charge in [-0.15, -0.1) is 0 Å². The molecule has 5 nitrogen and oxygen atoms in total. The third-order valence-corrected chi connectivity index (χ3v) is 5.25. The fourth-order valence-corrected chi connectivity index (χ4v) is 3.82. The van der Waals surface area contributed by atoms with E-state index >= 15 is 0 Å². The molecule has 2 aromatic carbocycles. The SMILES string of the molecule is CCC(=O)N1CCOC(Cc2ccccc2-c2ccccc2)(C(=O)NC(C)C)C1. The lowest BCUT2D eigenvalue weighted by Crippen LogP contribution is -2.62. The molecule has 29 heavy (non-hydrogen) atoms. The van der Waals surface area contributed by atoms with Gasteiger partial charge in [-0.25, -0.2) is 0 Å². The molecule has 0 bridgehead atoms. The predicted octanol–water partition coefficient (Wildman–Crippen LogP) is 3.43. The summed E-state index contributed by atoms with van der Waals surface area (Å²) in [6.45, 7) is 6.84. The Morgan fingerprint density at radius 1 is 1.10 bits per heavy atom. The van der Waals surface area contributed by atoms with E-state index in [-0.39, 0.29) is 24.4 Å². The number of hydrogen-bond acceptors (Lipinski definition) is 3. The number of nitrogens with zero attached hydrogens (tertiary/aromatic N) is 1. The molecule has 0 aromatic heterocycles. The van der Waals surface area contributed by atoms with Crippen molar-refractivity contribution in [2.24, 2.45) is 0 Å². The maximum absolute atomic E-state index is 13.3. The summed E-state index contributed by atoms with van der Waals surface area (Å²) in [5.74, 6) is -0.115. The summed E-state index contributed by atoms with van der Waals surface area (Å²) >= 11 is 0. The number of rotatable bonds is 6. The van der Waals surface area contributed by atoms with Crippen molar-refractivity contribution < 1.29 is 14.3 Å². The Bertz CT molecular complexity index is 850. The van der Waals surface area contributed by atoms with Gasteiger partial charge < -0.3 is 15.0 Å². The van der Waals surface area contributed by atoms with Crippen molar-refractivity contribution >= 4 is 11.8 Å². The molecule has 1 aliphatic heterocycles. The minimum Gasteiger partial charge on any atom is -0.361 e. The second-order valence-electron chi connectivity index (χ2n) is 7.84. The van der Waals surface area contributed by atoms with Crippen molar-refractivity contribution in [3.63, 3.8) is 0 Å². The maximum atomic E-state index is 13.3. The van der Waals surface area contributed by atoms with Gasteiger partial charge in [0.05, 0.1) is 13.2 Å². The van der Waals surface area contributed by atoms with E-state index in [1.165, 1.54) is 0 Å². The second kappa shape index (κ2) is 9.23. The third-order valence-electron chi connectivity index (χ3n) is 5.25. The Hall–Kier alpha value is -2.66. The molecule has 3 rings (SSSR count). The molecule has 1 fully saturated rings. The number of hydrogen-bond donors (Lipinski definition) is 1. The molecule has 1 saturated heterocycles. The van der Waals surface area contributed by atoms with E-state index < -0.39 is 5.60 Å². The van der Waals surface area contributed by atoms with Gasteiger partial charge in [-0.3, -0.25) is 9.59 Å². The third kappa shape index (κ3) is 4.85. The molecule has 154 valence electrons. The predicted molar refractivity (Wildman–Crippen MR) is 114 cm³/mol. The van der Waals surface area contributed by atoms with Crippen molar-refractivity contribution in [2.75, 3.05) is 19.7 Å². The van der Waals surface area contributed by atoms with E-state index in [4.69, 9.17) is 4.74 Å². The van der Waals surface area contributed by atoms with Crippen LogP contribution >= 0.6 is 0 Å². The number of carbonyl (C=O) groups excluding carboxylic acids is 2. The average molecular weight is 395 g/mol. The Morgan fingerprint density at radius 2 is 1.79 bits per heavy atom. The number of benzene rings is 2. The first-order chi connectivity index (χ1) is 13.9. The molecule has 0 radical (unpaired) electrons. The zero-order valence-corrected chi connectivity index (χ0v) is 17.5. The summed E-state index contributed by atoms with van der Waals surface area (Å²) in [5, 5.41) is 3.01. The van der Waals surface area contributed by atoms with E-state index in [1.54, 1.807) is 4.90 Å². The van der Waals surface area contributed by atoms with Crippen LogP contribution in [0.2, 0.25) is 0 Å². The van der Waals surface area contributed by atoms with Crippen LogP contribution in [0, 0.1) is 0 Å². The number of amides is 2. The standard InChI is InChI=1S/C24H30N2O3/c1-4-22(27)26-14-15-29-24(17-26,23(28)25-18(2)3)16-20-12-8-9-13-21(20)19-10-6-5-7-11-19/h5-13,18H,4,14-17H2,1-3H3,(H,25,28). The summed E-state index contributed by atoms with van der Waals surface area (Å²) in [7, 11) is 0. The van der Waals surface area contributed by atoms with E-state index in [9.17, 15) is 9.59 Å². The normalized spacial score (nSPS) is 19.2. The van der Waals surface area contributed by atoms with Crippen LogP contribution in [0.3, 0.4) is 0 Å². The van der Waals surface area contributed by atoms with Gasteiger partial charge in [0.1, 0.15) is 0 Å². The van der Waals surface area contributed by atoms with E-state index in [0.717, 1.165) is 16.7 Å². The molecular formula is C24H30N2O3. The summed E-state index contributed by atoms with van der Waals surface area (Å²) in [4.78, 5) is 27.4. The molecule has 0 saturated carbocycles. The van der Waals surface area contributed by atoms with Gasteiger partial charge in [0, 0.05) is 25.4 Å². The van der Waals surface area contributed by atoms with Crippen LogP contribution in [-0.4, -0.2) is 48.1 Å². The van der Waals surface area contributed by atoms with Crippen LogP contribution < -0.4 is 5.32 Å². The highest BCUT2D eigenvalue weighted by atomic mass is 16.5. The molecule has 0 spiro atoms. The number of carbonyl (C=O) groups is 2. The molecule has 2 aromatic rings. The molecule has 1 aliphatic rings. The van der Waals surface area contributed by atoms with Gasteiger partial charge >= 0.3 is 0 Å². The molecule has 5 heteroatoms. The molecule has 0 aliphatic carbocycles. The largest absolute Gasteiger partial charge is 0.361 e. The monoisotopic (exact) mass is 394 g/mol.